The lowest BCUT2D eigenvalue weighted by atomic mass is 10.2. The molecule has 1 atom stereocenters. The number of carbonyl (C=O) groups excluding carboxylic acids is 2. The van der Waals surface area contributed by atoms with Gasteiger partial charge in [-0.3, -0.25) is 9.59 Å². The van der Waals surface area contributed by atoms with Gasteiger partial charge in [0.25, 0.3) is 0 Å². The average molecular weight is 268 g/mol. The highest BCUT2D eigenvalue weighted by Crippen LogP contribution is 2.10. The molecule has 0 radical (unpaired) electrons. The Balaban J connectivity index is 1.86. The molecule has 0 N–H and O–H groups in total. The molecule has 1 aliphatic rings. The lowest BCUT2D eigenvalue weighted by Crippen LogP contribution is -2.47. The third-order valence-electron chi connectivity index (χ3n) is 2.88. The first-order valence-electron chi connectivity index (χ1n) is 5.97. The Labute approximate surface area is 110 Å². The van der Waals surface area contributed by atoms with Gasteiger partial charge in [-0.25, -0.2) is 9.67 Å². The van der Waals surface area contributed by atoms with Crippen molar-refractivity contribution in [2.45, 2.75) is 19.1 Å². The van der Waals surface area contributed by atoms with E-state index in [0.717, 1.165) is 0 Å². The molecule has 1 amide bonds. The molecule has 8 heteroatoms. The maximum atomic E-state index is 12.0. The van der Waals surface area contributed by atoms with Crippen LogP contribution in [0.15, 0.2) is 12.7 Å². The van der Waals surface area contributed by atoms with Gasteiger partial charge < -0.3 is 14.4 Å². The van der Waals surface area contributed by atoms with Gasteiger partial charge in [-0.1, -0.05) is 0 Å². The van der Waals surface area contributed by atoms with Crippen molar-refractivity contribution in [1.29, 1.82) is 0 Å². The summed E-state index contributed by atoms with van der Waals surface area (Å²) in [7, 11) is 1.33. The molecule has 1 aliphatic heterocycles. The predicted octanol–water partition coefficient (Wildman–Crippen LogP) is -0.931. The van der Waals surface area contributed by atoms with Crippen LogP contribution >= 0.6 is 0 Å². The molecule has 1 unspecified atom stereocenters. The van der Waals surface area contributed by atoms with Gasteiger partial charge in [-0.2, -0.15) is 5.10 Å². The maximum absolute atomic E-state index is 12.0. The zero-order chi connectivity index (χ0) is 13.7. The van der Waals surface area contributed by atoms with Crippen molar-refractivity contribution in [1.82, 2.24) is 19.7 Å². The molecule has 2 rings (SSSR count). The van der Waals surface area contributed by atoms with Crippen molar-refractivity contribution < 1.29 is 19.1 Å². The molecule has 19 heavy (non-hydrogen) atoms. The molecule has 0 aromatic carbocycles. The number of ether oxygens (including phenoxy) is 2. The first-order chi connectivity index (χ1) is 9.19. The number of hydrogen-bond acceptors (Lipinski definition) is 6. The van der Waals surface area contributed by atoms with E-state index in [0.29, 0.717) is 19.7 Å². The van der Waals surface area contributed by atoms with Crippen molar-refractivity contribution in [2.24, 2.45) is 0 Å². The van der Waals surface area contributed by atoms with E-state index in [4.69, 9.17) is 4.74 Å². The molecule has 0 aliphatic carbocycles. The van der Waals surface area contributed by atoms with Crippen LogP contribution in [0.5, 0.6) is 0 Å². The number of carbonyl (C=O) groups is 2. The summed E-state index contributed by atoms with van der Waals surface area (Å²) in [5.74, 6) is -0.403. The summed E-state index contributed by atoms with van der Waals surface area (Å²) in [6.45, 7) is 1.48. The van der Waals surface area contributed by atoms with Crippen molar-refractivity contribution >= 4 is 11.9 Å². The highest BCUT2D eigenvalue weighted by molar-refractivity contribution is 5.76. The van der Waals surface area contributed by atoms with E-state index >= 15 is 0 Å². The minimum Gasteiger partial charge on any atom is -0.469 e. The van der Waals surface area contributed by atoms with Crippen LogP contribution in [0.4, 0.5) is 0 Å². The van der Waals surface area contributed by atoms with E-state index in [1.165, 1.54) is 24.4 Å². The van der Waals surface area contributed by atoms with Crippen LogP contribution < -0.4 is 0 Å². The summed E-state index contributed by atoms with van der Waals surface area (Å²) < 4.78 is 11.5. The molecule has 1 aromatic heterocycles. The lowest BCUT2D eigenvalue weighted by molar-refractivity contribution is -0.150. The SMILES string of the molecule is COC(=O)CC1CN(C(=O)Cn2cncn2)CCO1. The number of aromatic nitrogens is 3. The number of rotatable bonds is 4. The van der Waals surface area contributed by atoms with E-state index in [2.05, 4.69) is 14.8 Å². The normalized spacial score (nSPS) is 19.2. The Morgan fingerprint density at radius 2 is 2.37 bits per heavy atom. The topological polar surface area (TPSA) is 86.6 Å². The summed E-state index contributed by atoms with van der Waals surface area (Å²) in [6, 6.07) is 0. The second-order valence-electron chi connectivity index (χ2n) is 4.21. The number of amides is 1. The summed E-state index contributed by atoms with van der Waals surface area (Å²) in [4.78, 5) is 28.7. The minimum absolute atomic E-state index is 0.0661. The van der Waals surface area contributed by atoms with Crippen molar-refractivity contribution in [2.75, 3.05) is 26.8 Å². The molecule has 104 valence electrons. The average Bonchev–Trinajstić information content (AvgIpc) is 2.91. The van der Waals surface area contributed by atoms with Crippen LogP contribution in [-0.2, 0) is 25.6 Å². The fraction of sp³-hybridized carbons (Fsp3) is 0.636. The number of hydrogen-bond donors (Lipinski definition) is 0. The lowest BCUT2D eigenvalue weighted by Gasteiger charge is -2.32. The summed E-state index contributed by atoms with van der Waals surface area (Å²) in [5.41, 5.74) is 0. The zero-order valence-corrected chi connectivity index (χ0v) is 10.7. The zero-order valence-electron chi connectivity index (χ0n) is 10.7. The molecule has 2 heterocycles. The quantitative estimate of drug-likeness (QED) is 0.656. The number of nitrogens with zero attached hydrogens (tertiary/aromatic N) is 4. The first kappa shape index (κ1) is 13.5. The van der Waals surface area contributed by atoms with Crippen LogP contribution in [-0.4, -0.2) is 64.5 Å². The van der Waals surface area contributed by atoms with Crippen molar-refractivity contribution in [3.05, 3.63) is 12.7 Å². The van der Waals surface area contributed by atoms with Gasteiger partial charge in [0, 0.05) is 13.1 Å². The third kappa shape index (κ3) is 3.75. The Morgan fingerprint density at radius 1 is 1.53 bits per heavy atom. The smallest absolute Gasteiger partial charge is 0.308 e. The van der Waals surface area contributed by atoms with E-state index in [-0.39, 0.29) is 30.9 Å². The van der Waals surface area contributed by atoms with Crippen LogP contribution in [0, 0.1) is 0 Å². The summed E-state index contributed by atoms with van der Waals surface area (Å²) in [5, 5.41) is 3.88. The molecule has 1 aromatic rings. The van der Waals surface area contributed by atoms with E-state index in [1.54, 1.807) is 4.90 Å². The fourth-order valence-corrected chi connectivity index (χ4v) is 1.89. The first-order valence-corrected chi connectivity index (χ1v) is 5.97. The highest BCUT2D eigenvalue weighted by Gasteiger charge is 2.26. The Bertz CT molecular complexity index is 434. The van der Waals surface area contributed by atoms with E-state index in [1.807, 2.05) is 0 Å². The highest BCUT2D eigenvalue weighted by atomic mass is 16.5. The number of morpholine rings is 1. The van der Waals surface area contributed by atoms with Crippen LogP contribution in [0.2, 0.25) is 0 Å². The van der Waals surface area contributed by atoms with Crippen molar-refractivity contribution in [3.63, 3.8) is 0 Å². The van der Waals surface area contributed by atoms with E-state index in [9.17, 15) is 9.59 Å². The van der Waals surface area contributed by atoms with Crippen LogP contribution in [0.1, 0.15) is 6.42 Å². The standard InChI is InChI=1S/C11H16N4O4/c1-18-11(17)4-9-5-14(2-3-19-9)10(16)6-15-8-12-7-13-15/h7-9H,2-6H2,1H3. The Hall–Kier alpha value is -1.96. The Morgan fingerprint density at radius 3 is 3.05 bits per heavy atom. The second kappa shape index (κ2) is 6.28. The maximum Gasteiger partial charge on any atom is 0.308 e. The van der Waals surface area contributed by atoms with Crippen LogP contribution in [0.3, 0.4) is 0 Å². The van der Waals surface area contributed by atoms with Gasteiger partial charge in [0.1, 0.15) is 19.2 Å². The molecular weight excluding hydrogens is 252 g/mol. The van der Waals surface area contributed by atoms with Gasteiger partial charge >= 0.3 is 5.97 Å². The van der Waals surface area contributed by atoms with Crippen LogP contribution in [0.25, 0.3) is 0 Å². The van der Waals surface area contributed by atoms with Crippen molar-refractivity contribution in [3.8, 4) is 0 Å². The molecule has 8 nitrogen and oxygen atoms in total. The van der Waals surface area contributed by atoms with Gasteiger partial charge in [-0.05, 0) is 0 Å². The molecular formula is C11H16N4O4. The fourth-order valence-electron chi connectivity index (χ4n) is 1.89. The van der Waals surface area contributed by atoms with Gasteiger partial charge in [0.2, 0.25) is 5.91 Å². The molecule has 0 bridgehead atoms. The minimum atomic E-state index is -0.337. The predicted molar refractivity (Wildman–Crippen MR) is 63.0 cm³/mol. The number of esters is 1. The molecule has 1 fully saturated rings. The largest absolute Gasteiger partial charge is 0.469 e. The molecule has 0 saturated carbocycles. The third-order valence-corrected chi connectivity index (χ3v) is 2.88. The molecule has 0 spiro atoms. The van der Waals surface area contributed by atoms with Gasteiger partial charge in [-0.15, -0.1) is 0 Å². The summed E-state index contributed by atoms with van der Waals surface area (Å²) in [6.07, 6.45) is 2.72. The van der Waals surface area contributed by atoms with E-state index < -0.39 is 0 Å². The second-order valence-corrected chi connectivity index (χ2v) is 4.21. The number of methoxy groups -OCH3 is 1. The molecule has 1 saturated heterocycles. The summed E-state index contributed by atoms with van der Waals surface area (Å²) >= 11 is 0. The van der Waals surface area contributed by atoms with Gasteiger partial charge in [0.15, 0.2) is 0 Å². The monoisotopic (exact) mass is 268 g/mol. The Kier molecular flexibility index (Phi) is 4.45. The van der Waals surface area contributed by atoms with Gasteiger partial charge in [0.05, 0.1) is 26.2 Å².